The van der Waals surface area contributed by atoms with Crippen molar-refractivity contribution in [2.75, 3.05) is 40.1 Å². The lowest BCUT2D eigenvalue weighted by atomic mass is 9.55. The first kappa shape index (κ1) is 28.0. The zero-order chi connectivity index (χ0) is 22.2. The van der Waals surface area contributed by atoms with Gasteiger partial charge in [0.1, 0.15) is 5.78 Å². The lowest BCUT2D eigenvalue weighted by molar-refractivity contribution is -0.137. The van der Waals surface area contributed by atoms with E-state index in [1.54, 1.807) is 7.11 Å². The number of methoxy groups -OCH3 is 1. The molecule has 0 spiro atoms. The topological polar surface area (TPSA) is 73.9 Å². The summed E-state index contributed by atoms with van der Waals surface area (Å²) in [4.78, 5) is 24.5. The molecule has 0 aromatic carbocycles. The van der Waals surface area contributed by atoms with Crippen molar-refractivity contribution >= 4 is 11.7 Å². The number of ether oxygens (including phenoxy) is 3. The number of amides is 1. The standard InChI is InChI=1S/C19H33NO5.2C2H6/c1-3-16(21)18-5-8-19(9-6-18,10-7-18)20-17(22)4-11-24-14-15-25-13-12-23-2;2*1-2/h3-15H2,1-2H3,(H,20,22);2*1-2H3. The van der Waals surface area contributed by atoms with E-state index in [4.69, 9.17) is 14.2 Å². The number of carbonyl (C=O) groups is 2. The Morgan fingerprint density at radius 2 is 1.28 bits per heavy atom. The number of hydrogen-bond acceptors (Lipinski definition) is 5. The van der Waals surface area contributed by atoms with Crippen LogP contribution in [0.3, 0.4) is 0 Å². The van der Waals surface area contributed by atoms with Crippen LogP contribution < -0.4 is 5.32 Å². The predicted molar refractivity (Wildman–Crippen MR) is 117 cm³/mol. The predicted octanol–water partition coefficient (Wildman–Crippen LogP) is 4.30. The third-order valence-corrected chi connectivity index (χ3v) is 5.84. The van der Waals surface area contributed by atoms with Gasteiger partial charge in [0.05, 0.1) is 33.0 Å². The summed E-state index contributed by atoms with van der Waals surface area (Å²) in [6, 6.07) is 0. The fourth-order valence-electron chi connectivity index (χ4n) is 4.15. The number of hydrogen-bond donors (Lipinski definition) is 1. The molecule has 0 radical (unpaired) electrons. The van der Waals surface area contributed by atoms with E-state index >= 15 is 0 Å². The van der Waals surface area contributed by atoms with E-state index in [0.29, 0.717) is 51.7 Å². The van der Waals surface area contributed by atoms with Gasteiger partial charge in [-0.05, 0) is 38.5 Å². The number of carbonyl (C=O) groups excluding carboxylic acids is 2. The van der Waals surface area contributed by atoms with E-state index in [-0.39, 0.29) is 16.9 Å². The summed E-state index contributed by atoms with van der Waals surface area (Å²) in [5, 5.41) is 3.23. The Bertz CT molecular complexity index is 428. The van der Waals surface area contributed by atoms with Crippen LogP contribution in [0.1, 0.15) is 86.0 Å². The zero-order valence-electron chi connectivity index (χ0n) is 19.7. The van der Waals surface area contributed by atoms with Crippen molar-refractivity contribution in [1.29, 1.82) is 0 Å². The average Bonchev–Trinajstić information content (AvgIpc) is 2.78. The normalized spacial score (nSPS) is 24.6. The fourth-order valence-corrected chi connectivity index (χ4v) is 4.15. The summed E-state index contributed by atoms with van der Waals surface area (Å²) in [5.74, 6) is 0.463. The zero-order valence-corrected chi connectivity index (χ0v) is 19.7. The van der Waals surface area contributed by atoms with Gasteiger partial charge in [0.25, 0.3) is 0 Å². The van der Waals surface area contributed by atoms with Gasteiger partial charge in [0, 0.05) is 30.9 Å². The molecular weight excluding hydrogens is 370 g/mol. The maximum atomic E-state index is 12.2. The molecule has 0 aromatic heterocycles. The molecule has 3 aliphatic carbocycles. The van der Waals surface area contributed by atoms with Crippen LogP contribution >= 0.6 is 0 Å². The molecule has 2 bridgehead atoms. The van der Waals surface area contributed by atoms with Crippen molar-refractivity contribution in [3.63, 3.8) is 0 Å². The molecule has 1 amide bonds. The molecule has 6 nitrogen and oxygen atoms in total. The van der Waals surface area contributed by atoms with Crippen molar-refractivity contribution in [1.82, 2.24) is 5.32 Å². The van der Waals surface area contributed by atoms with E-state index in [9.17, 15) is 9.59 Å². The highest BCUT2D eigenvalue weighted by Crippen LogP contribution is 2.53. The Morgan fingerprint density at radius 3 is 1.76 bits per heavy atom. The van der Waals surface area contributed by atoms with Crippen LogP contribution in [0.5, 0.6) is 0 Å². The first-order valence-corrected chi connectivity index (χ1v) is 11.5. The van der Waals surface area contributed by atoms with Crippen LogP contribution in [-0.2, 0) is 23.8 Å². The summed E-state index contributed by atoms with van der Waals surface area (Å²) in [6.07, 6.45) is 6.57. The second kappa shape index (κ2) is 15.8. The van der Waals surface area contributed by atoms with E-state index in [1.165, 1.54) is 0 Å². The summed E-state index contributed by atoms with van der Waals surface area (Å²) in [7, 11) is 1.64. The minimum Gasteiger partial charge on any atom is -0.382 e. The molecule has 3 aliphatic rings. The highest BCUT2D eigenvalue weighted by Gasteiger charge is 2.51. The molecule has 29 heavy (non-hydrogen) atoms. The van der Waals surface area contributed by atoms with Gasteiger partial charge in [-0.25, -0.2) is 0 Å². The van der Waals surface area contributed by atoms with Crippen molar-refractivity contribution < 1.29 is 23.8 Å². The molecule has 172 valence electrons. The molecule has 6 heteroatoms. The lowest BCUT2D eigenvalue weighted by Crippen LogP contribution is -2.58. The molecular formula is C23H45NO5. The maximum Gasteiger partial charge on any atom is 0.222 e. The Balaban J connectivity index is 0.00000184. The molecule has 3 fully saturated rings. The van der Waals surface area contributed by atoms with Gasteiger partial charge in [-0.1, -0.05) is 34.6 Å². The Morgan fingerprint density at radius 1 is 0.793 bits per heavy atom. The highest BCUT2D eigenvalue weighted by atomic mass is 16.5. The minimum atomic E-state index is -0.0901. The Kier molecular flexibility index (Phi) is 15.3. The number of ketones is 1. The quantitative estimate of drug-likeness (QED) is 0.481. The van der Waals surface area contributed by atoms with Crippen LogP contribution in [-0.4, -0.2) is 57.4 Å². The van der Waals surface area contributed by atoms with E-state index in [2.05, 4.69) is 5.32 Å². The summed E-state index contributed by atoms with van der Waals surface area (Å²) >= 11 is 0. The van der Waals surface area contributed by atoms with E-state index < -0.39 is 0 Å². The van der Waals surface area contributed by atoms with Crippen molar-refractivity contribution in [2.45, 2.75) is 91.5 Å². The van der Waals surface area contributed by atoms with Gasteiger partial charge in [-0.3, -0.25) is 9.59 Å². The summed E-state index contributed by atoms with van der Waals surface area (Å²) in [5.41, 5.74) is -0.177. The van der Waals surface area contributed by atoms with Gasteiger partial charge < -0.3 is 19.5 Å². The van der Waals surface area contributed by atoms with E-state index in [1.807, 2.05) is 34.6 Å². The van der Waals surface area contributed by atoms with Crippen molar-refractivity contribution in [2.24, 2.45) is 5.41 Å². The number of nitrogens with one attached hydrogen (secondary N) is 1. The second-order valence-corrected chi connectivity index (χ2v) is 7.35. The number of Topliss-reactive ketones (excluding diaryl/α,β-unsaturated/α-hetero) is 1. The second-order valence-electron chi connectivity index (χ2n) is 7.35. The third kappa shape index (κ3) is 9.14. The highest BCUT2D eigenvalue weighted by molar-refractivity contribution is 5.85. The molecule has 0 aliphatic heterocycles. The average molecular weight is 416 g/mol. The largest absolute Gasteiger partial charge is 0.382 e. The molecule has 0 saturated heterocycles. The molecule has 0 atom stereocenters. The van der Waals surface area contributed by atoms with Crippen LogP contribution in [0.2, 0.25) is 0 Å². The third-order valence-electron chi connectivity index (χ3n) is 5.84. The number of rotatable bonds is 12. The first-order chi connectivity index (χ1) is 14.1. The summed E-state index contributed by atoms with van der Waals surface area (Å²) in [6.45, 7) is 12.5. The smallest absolute Gasteiger partial charge is 0.222 e. The lowest BCUT2D eigenvalue weighted by Gasteiger charge is -2.52. The Hall–Kier alpha value is -0.980. The van der Waals surface area contributed by atoms with Crippen LogP contribution in [0.25, 0.3) is 0 Å². The molecule has 1 N–H and O–H groups in total. The van der Waals surface area contributed by atoms with Crippen LogP contribution in [0.4, 0.5) is 0 Å². The fraction of sp³-hybridized carbons (Fsp3) is 0.913. The maximum absolute atomic E-state index is 12.2. The van der Waals surface area contributed by atoms with Crippen LogP contribution in [0.15, 0.2) is 0 Å². The van der Waals surface area contributed by atoms with Gasteiger partial charge in [-0.2, -0.15) is 0 Å². The van der Waals surface area contributed by atoms with Gasteiger partial charge in [0.2, 0.25) is 5.91 Å². The SMILES string of the molecule is CC.CC.CCC(=O)C12CCC(NC(=O)CCOCCOCCOC)(CC1)CC2. The number of fused-ring (bicyclic) bond motifs is 3. The van der Waals surface area contributed by atoms with Gasteiger partial charge in [-0.15, -0.1) is 0 Å². The molecule has 3 rings (SSSR count). The van der Waals surface area contributed by atoms with Crippen molar-refractivity contribution in [3.05, 3.63) is 0 Å². The first-order valence-electron chi connectivity index (χ1n) is 11.5. The van der Waals surface area contributed by atoms with Crippen molar-refractivity contribution in [3.8, 4) is 0 Å². The minimum absolute atomic E-state index is 0.0523. The molecule has 0 aromatic rings. The molecule has 3 saturated carbocycles. The van der Waals surface area contributed by atoms with Gasteiger partial charge in [0.15, 0.2) is 0 Å². The Labute approximate surface area is 178 Å². The van der Waals surface area contributed by atoms with Gasteiger partial charge >= 0.3 is 0 Å². The summed E-state index contributed by atoms with van der Waals surface area (Å²) < 4.78 is 15.6. The van der Waals surface area contributed by atoms with E-state index in [0.717, 1.165) is 38.5 Å². The van der Waals surface area contributed by atoms with Crippen LogP contribution in [0, 0.1) is 5.41 Å². The monoisotopic (exact) mass is 415 g/mol. The molecule has 0 heterocycles. The molecule has 0 unspecified atom stereocenters.